The Morgan fingerprint density at radius 3 is 2.60 bits per heavy atom. The van der Waals surface area contributed by atoms with Crippen molar-refractivity contribution in [2.24, 2.45) is 0 Å². The number of carbonyl (C=O) groups excluding carboxylic acids is 1. The zero-order chi connectivity index (χ0) is 21.7. The number of aryl methyl sites for hydroxylation is 1. The van der Waals surface area contributed by atoms with Gasteiger partial charge in [0.15, 0.2) is 11.5 Å². The van der Waals surface area contributed by atoms with Crippen LogP contribution in [0.1, 0.15) is 36.5 Å². The van der Waals surface area contributed by atoms with E-state index >= 15 is 0 Å². The molecule has 1 heterocycles. The van der Waals surface area contributed by atoms with Crippen molar-refractivity contribution in [2.75, 3.05) is 20.0 Å². The first-order valence-corrected chi connectivity index (χ1v) is 9.51. The van der Waals surface area contributed by atoms with Gasteiger partial charge in [0.1, 0.15) is 19.0 Å². The Labute approximate surface area is 174 Å². The topological polar surface area (TPSA) is 97.1 Å². The quantitative estimate of drug-likeness (QED) is 0.208. The first kappa shape index (κ1) is 21.2. The summed E-state index contributed by atoms with van der Waals surface area (Å²) in [6.07, 6.45) is 2.45. The molecule has 0 bridgehead atoms. The predicted molar refractivity (Wildman–Crippen MR) is 110 cm³/mol. The van der Waals surface area contributed by atoms with Gasteiger partial charge in [0.05, 0.1) is 16.6 Å². The van der Waals surface area contributed by atoms with Crippen molar-refractivity contribution >= 4 is 17.7 Å². The Balaban J connectivity index is 1.52. The SMILES string of the molecule is Cc1cc(OCCOC(=O)/C=C/c2cc3c(cc2[N+](=O)[O-])OCO3)ccc1C(C)C. The van der Waals surface area contributed by atoms with E-state index < -0.39 is 10.9 Å². The van der Waals surface area contributed by atoms with Crippen molar-refractivity contribution in [1.82, 2.24) is 0 Å². The summed E-state index contributed by atoms with van der Waals surface area (Å²) in [5.74, 6) is 1.21. The van der Waals surface area contributed by atoms with E-state index in [1.54, 1.807) is 0 Å². The van der Waals surface area contributed by atoms with Crippen LogP contribution in [0, 0.1) is 17.0 Å². The van der Waals surface area contributed by atoms with E-state index in [-0.39, 0.29) is 31.3 Å². The summed E-state index contributed by atoms with van der Waals surface area (Å²) >= 11 is 0. The van der Waals surface area contributed by atoms with Crippen LogP contribution in [0.2, 0.25) is 0 Å². The number of ether oxygens (including phenoxy) is 4. The van der Waals surface area contributed by atoms with E-state index in [9.17, 15) is 14.9 Å². The molecule has 0 atom stereocenters. The number of nitro groups is 1. The van der Waals surface area contributed by atoms with Crippen molar-refractivity contribution in [3.05, 3.63) is 63.2 Å². The second-order valence-corrected chi connectivity index (χ2v) is 7.04. The van der Waals surface area contributed by atoms with Gasteiger partial charge >= 0.3 is 5.97 Å². The van der Waals surface area contributed by atoms with Crippen molar-refractivity contribution in [2.45, 2.75) is 26.7 Å². The zero-order valence-electron chi connectivity index (χ0n) is 17.0. The van der Waals surface area contributed by atoms with E-state index in [1.807, 2.05) is 25.1 Å². The lowest BCUT2D eigenvalue weighted by Crippen LogP contribution is -2.10. The number of hydrogen-bond donors (Lipinski definition) is 0. The molecule has 0 N–H and O–H groups in total. The van der Waals surface area contributed by atoms with Gasteiger partial charge < -0.3 is 18.9 Å². The summed E-state index contributed by atoms with van der Waals surface area (Å²) in [5, 5.41) is 11.2. The van der Waals surface area contributed by atoms with Crippen LogP contribution in [0.15, 0.2) is 36.4 Å². The van der Waals surface area contributed by atoms with Crippen LogP contribution in [0.3, 0.4) is 0 Å². The monoisotopic (exact) mass is 413 g/mol. The molecule has 0 saturated carbocycles. The molecule has 8 heteroatoms. The molecule has 1 aliphatic heterocycles. The molecule has 30 heavy (non-hydrogen) atoms. The summed E-state index contributed by atoms with van der Waals surface area (Å²) in [5.41, 5.74) is 2.44. The number of carbonyl (C=O) groups is 1. The van der Waals surface area contributed by atoms with Crippen molar-refractivity contribution in [3.63, 3.8) is 0 Å². The second kappa shape index (κ2) is 9.30. The lowest BCUT2D eigenvalue weighted by atomic mass is 9.98. The number of benzene rings is 2. The molecule has 8 nitrogen and oxygen atoms in total. The first-order chi connectivity index (χ1) is 14.3. The molecule has 0 saturated heterocycles. The third-order valence-electron chi connectivity index (χ3n) is 4.58. The van der Waals surface area contributed by atoms with Crippen molar-refractivity contribution in [3.8, 4) is 17.2 Å². The van der Waals surface area contributed by atoms with Crippen LogP contribution in [-0.2, 0) is 9.53 Å². The third kappa shape index (κ3) is 5.08. The van der Waals surface area contributed by atoms with Gasteiger partial charge in [0.25, 0.3) is 5.69 Å². The van der Waals surface area contributed by atoms with Crippen molar-refractivity contribution < 1.29 is 28.7 Å². The molecule has 3 rings (SSSR count). The highest BCUT2D eigenvalue weighted by Gasteiger charge is 2.22. The Morgan fingerprint density at radius 1 is 1.20 bits per heavy atom. The highest BCUT2D eigenvalue weighted by Crippen LogP contribution is 2.38. The molecule has 1 aliphatic rings. The van der Waals surface area contributed by atoms with Gasteiger partial charge in [0.2, 0.25) is 6.79 Å². The first-order valence-electron chi connectivity index (χ1n) is 9.51. The lowest BCUT2D eigenvalue weighted by Gasteiger charge is -2.12. The van der Waals surface area contributed by atoms with Gasteiger partial charge in [-0.05, 0) is 48.2 Å². The molecule has 0 aliphatic carbocycles. The minimum absolute atomic E-state index is 0.00141. The molecular weight excluding hydrogens is 390 g/mol. The predicted octanol–water partition coefficient (Wildman–Crippen LogP) is 4.39. The van der Waals surface area contributed by atoms with E-state index in [0.29, 0.717) is 23.2 Å². The van der Waals surface area contributed by atoms with Crippen molar-refractivity contribution in [1.29, 1.82) is 0 Å². The highest BCUT2D eigenvalue weighted by molar-refractivity contribution is 5.88. The van der Waals surface area contributed by atoms with E-state index in [4.69, 9.17) is 18.9 Å². The van der Waals surface area contributed by atoms with Gasteiger partial charge in [-0.25, -0.2) is 4.79 Å². The van der Waals surface area contributed by atoms with Crippen LogP contribution in [0.5, 0.6) is 17.2 Å². The largest absolute Gasteiger partial charge is 0.490 e. The molecule has 0 aromatic heterocycles. The molecule has 158 valence electrons. The number of nitrogens with zero attached hydrogens (tertiary/aromatic N) is 1. The highest BCUT2D eigenvalue weighted by atomic mass is 16.7. The Kier molecular flexibility index (Phi) is 6.56. The maximum atomic E-state index is 11.9. The number of nitro benzene ring substituents is 1. The van der Waals surface area contributed by atoms with E-state index in [0.717, 1.165) is 11.6 Å². The lowest BCUT2D eigenvalue weighted by molar-refractivity contribution is -0.385. The normalized spacial score (nSPS) is 12.4. The maximum Gasteiger partial charge on any atom is 0.330 e. The van der Waals surface area contributed by atoms with Gasteiger partial charge in [0, 0.05) is 6.08 Å². The third-order valence-corrected chi connectivity index (χ3v) is 4.58. The van der Waals surface area contributed by atoms with Crippen LogP contribution in [0.4, 0.5) is 5.69 Å². The molecule has 0 amide bonds. The second-order valence-electron chi connectivity index (χ2n) is 7.04. The minimum Gasteiger partial charge on any atom is -0.490 e. The standard InChI is InChI=1S/C22H23NO7/c1-14(2)18-6-5-17(10-15(18)3)27-8-9-28-22(24)7-4-16-11-20-21(30-13-29-20)12-19(16)23(25)26/h4-7,10-12,14H,8-9,13H2,1-3H3/b7-4+. The number of rotatable bonds is 8. The molecule has 2 aromatic carbocycles. The van der Waals surface area contributed by atoms with Gasteiger partial charge in [-0.1, -0.05) is 19.9 Å². The Bertz CT molecular complexity index is 982. The summed E-state index contributed by atoms with van der Waals surface area (Å²) in [4.78, 5) is 22.6. The molecule has 0 unspecified atom stereocenters. The Hall–Kier alpha value is -3.55. The van der Waals surface area contributed by atoms with E-state index in [1.165, 1.54) is 23.8 Å². The molecular formula is C22H23NO7. The molecule has 2 aromatic rings. The fraction of sp³-hybridized carbons (Fsp3) is 0.318. The van der Waals surface area contributed by atoms with Gasteiger partial charge in [-0.2, -0.15) is 0 Å². The average Bonchev–Trinajstić information content (AvgIpc) is 3.16. The summed E-state index contributed by atoms with van der Waals surface area (Å²) in [6, 6.07) is 8.60. The zero-order valence-corrected chi connectivity index (χ0v) is 17.0. The van der Waals surface area contributed by atoms with E-state index in [2.05, 4.69) is 13.8 Å². The fourth-order valence-corrected chi connectivity index (χ4v) is 3.13. The van der Waals surface area contributed by atoms with Gasteiger partial charge in [-0.3, -0.25) is 10.1 Å². The summed E-state index contributed by atoms with van der Waals surface area (Å²) < 4.78 is 21.1. The van der Waals surface area contributed by atoms with Crippen LogP contribution in [-0.4, -0.2) is 30.9 Å². The van der Waals surface area contributed by atoms with Crippen LogP contribution in [0.25, 0.3) is 6.08 Å². The smallest absolute Gasteiger partial charge is 0.330 e. The number of esters is 1. The van der Waals surface area contributed by atoms with Crippen LogP contribution >= 0.6 is 0 Å². The summed E-state index contributed by atoms with van der Waals surface area (Å²) in [6.45, 7) is 6.55. The maximum absolute atomic E-state index is 11.9. The molecule has 0 spiro atoms. The van der Waals surface area contributed by atoms with Crippen LogP contribution < -0.4 is 14.2 Å². The number of hydrogen-bond acceptors (Lipinski definition) is 7. The minimum atomic E-state index is -0.628. The summed E-state index contributed by atoms with van der Waals surface area (Å²) in [7, 11) is 0. The molecule has 0 fully saturated rings. The Morgan fingerprint density at radius 2 is 1.93 bits per heavy atom. The number of fused-ring (bicyclic) bond motifs is 1. The molecule has 0 radical (unpaired) electrons. The van der Waals surface area contributed by atoms with Gasteiger partial charge in [-0.15, -0.1) is 0 Å². The average molecular weight is 413 g/mol. The fourth-order valence-electron chi connectivity index (χ4n) is 3.13.